The summed E-state index contributed by atoms with van der Waals surface area (Å²) >= 11 is 1.06. The molecule has 0 saturated carbocycles. The van der Waals surface area contributed by atoms with Gasteiger partial charge in [-0.05, 0) is 24.8 Å². The molecule has 7 heteroatoms. The number of rotatable bonds is 6. The molecular formula is C18H15F2N3OS. The van der Waals surface area contributed by atoms with Gasteiger partial charge in [0.2, 0.25) is 0 Å². The fourth-order valence-electron chi connectivity index (χ4n) is 2.24. The molecule has 0 aliphatic heterocycles. The van der Waals surface area contributed by atoms with E-state index in [1.54, 1.807) is 43.3 Å². The summed E-state index contributed by atoms with van der Waals surface area (Å²) in [6, 6.07) is 9.91. The van der Waals surface area contributed by atoms with Gasteiger partial charge in [-0.2, -0.15) is 10.5 Å². The molecule has 0 aliphatic rings. The molecule has 4 nitrogen and oxygen atoms in total. The molecule has 0 radical (unpaired) electrons. The first-order valence-electron chi connectivity index (χ1n) is 7.55. The van der Waals surface area contributed by atoms with E-state index in [-0.39, 0.29) is 10.6 Å². The van der Waals surface area contributed by atoms with Crippen molar-refractivity contribution in [1.29, 1.82) is 10.5 Å². The highest BCUT2D eigenvalue weighted by Gasteiger charge is 2.25. The molecule has 0 amide bonds. The summed E-state index contributed by atoms with van der Waals surface area (Å²) in [5.41, 5.74) is -0.863. The second kappa shape index (κ2) is 8.36. The smallest absolute Gasteiger partial charge is 0.167 e. The maximum absolute atomic E-state index is 14.8. The van der Waals surface area contributed by atoms with Crippen molar-refractivity contribution in [2.45, 2.75) is 18.7 Å². The van der Waals surface area contributed by atoms with Crippen LogP contribution in [0.2, 0.25) is 0 Å². The summed E-state index contributed by atoms with van der Waals surface area (Å²) in [5.74, 6) is -0.790. The van der Waals surface area contributed by atoms with Crippen molar-refractivity contribution in [1.82, 2.24) is 0 Å². The van der Waals surface area contributed by atoms with Crippen LogP contribution >= 0.6 is 11.8 Å². The van der Waals surface area contributed by atoms with Crippen molar-refractivity contribution in [3.63, 3.8) is 0 Å². The predicted octanol–water partition coefficient (Wildman–Crippen LogP) is 4.96. The number of hydrogen-bond acceptors (Lipinski definition) is 5. The summed E-state index contributed by atoms with van der Waals surface area (Å²) in [6.07, 6.45) is 0. The molecule has 0 aromatic heterocycles. The van der Waals surface area contributed by atoms with E-state index >= 15 is 0 Å². The molecule has 0 fully saturated rings. The van der Waals surface area contributed by atoms with Gasteiger partial charge in [-0.3, -0.25) is 0 Å². The zero-order valence-corrected chi connectivity index (χ0v) is 14.5. The molecule has 0 atom stereocenters. The Kier molecular flexibility index (Phi) is 6.21. The zero-order chi connectivity index (χ0) is 18.4. The maximum atomic E-state index is 14.8. The normalized spacial score (nSPS) is 10.0. The number of anilines is 2. The first-order chi connectivity index (χ1) is 12.1. The van der Waals surface area contributed by atoms with E-state index in [4.69, 9.17) is 15.3 Å². The molecule has 0 saturated heterocycles. The summed E-state index contributed by atoms with van der Waals surface area (Å²) in [7, 11) is 0. The van der Waals surface area contributed by atoms with Gasteiger partial charge >= 0.3 is 0 Å². The first kappa shape index (κ1) is 18.6. The lowest BCUT2D eigenvalue weighted by Gasteiger charge is -2.16. The average molecular weight is 359 g/mol. The highest BCUT2D eigenvalue weighted by atomic mass is 32.2. The molecule has 2 aromatic rings. The number of hydrogen-bond donors (Lipinski definition) is 1. The lowest BCUT2D eigenvalue weighted by molar-refractivity contribution is 0.340. The molecule has 0 heterocycles. The van der Waals surface area contributed by atoms with Crippen LogP contribution in [0.4, 0.5) is 20.2 Å². The van der Waals surface area contributed by atoms with Gasteiger partial charge in [0, 0.05) is 11.8 Å². The van der Waals surface area contributed by atoms with E-state index in [9.17, 15) is 8.78 Å². The van der Waals surface area contributed by atoms with Crippen LogP contribution in [-0.4, -0.2) is 12.4 Å². The molecule has 128 valence electrons. The Balaban J connectivity index is 2.60. The maximum Gasteiger partial charge on any atom is 0.167 e. The van der Waals surface area contributed by atoms with Crippen LogP contribution in [0.15, 0.2) is 29.2 Å². The van der Waals surface area contributed by atoms with Gasteiger partial charge in [0.05, 0.1) is 17.2 Å². The van der Waals surface area contributed by atoms with E-state index in [0.717, 1.165) is 11.8 Å². The summed E-state index contributed by atoms with van der Waals surface area (Å²) in [4.78, 5) is -0.0302. The second-order valence-corrected chi connectivity index (χ2v) is 6.10. The van der Waals surface area contributed by atoms with Gasteiger partial charge in [-0.1, -0.05) is 13.0 Å². The average Bonchev–Trinajstić information content (AvgIpc) is 2.61. The summed E-state index contributed by atoms with van der Waals surface area (Å²) in [5, 5.41) is 21.0. The van der Waals surface area contributed by atoms with Gasteiger partial charge in [0.15, 0.2) is 11.6 Å². The van der Waals surface area contributed by atoms with E-state index < -0.39 is 22.8 Å². The van der Waals surface area contributed by atoms with Crippen molar-refractivity contribution in [2.75, 3.05) is 17.7 Å². The highest BCUT2D eigenvalue weighted by molar-refractivity contribution is 7.99. The van der Waals surface area contributed by atoms with Crippen LogP contribution in [0.3, 0.4) is 0 Å². The Labute approximate surface area is 149 Å². The molecule has 1 N–H and O–H groups in total. The second-order valence-electron chi connectivity index (χ2n) is 4.82. The monoisotopic (exact) mass is 359 g/mol. The number of nitriles is 2. The minimum atomic E-state index is -0.946. The first-order valence-corrected chi connectivity index (χ1v) is 8.53. The number of nitrogens with one attached hydrogen (secondary N) is 1. The van der Waals surface area contributed by atoms with E-state index in [2.05, 4.69) is 5.32 Å². The van der Waals surface area contributed by atoms with Crippen LogP contribution in [0, 0.1) is 34.3 Å². The van der Waals surface area contributed by atoms with Gasteiger partial charge in [-0.15, -0.1) is 11.8 Å². The Bertz CT molecular complexity index is 872. The topological polar surface area (TPSA) is 68.8 Å². The van der Waals surface area contributed by atoms with Gasteiger partial charge in [0.1, 0.15) is 29.0 Å². The van der Waals surface area contributed by atoms with Crippen LogP contribution in [-0.2, 0) is 0 Å². The largest absolute Gasteiger partial charge is 0.494 e. The van der Waals surface area contributed by atoms with Crippen molar-refractivity contribution in [2.24, 2.45) is 0 Å². The molecular weight excluding hydrogens is 344 g/mol. The SMILES string of the molecule is CCOc1cccc(Nc2c(F)c(C#N)c(C#N)c(F)c2SCC)c1. The number of halogens is 2. The van der Waals surface area contributed by atoms with Crippen molar-refractivity contribution < 1.29 is 13.5 Å². The molecule has 0 unspecified atom stereocenters. The molecule has 2 rings (SSSR count). The lowest BCUT2D eigenvalue weighted by Crippen LogP contribution is -2.05. The fraction of sp³-hybridized carbons (Fsp3) is 0.222. The standard InChI is InChI=1S/C18H15F2N3OS/c1-3-24-12-7-5-6-11(8-12)23-17-15(19)13(9-21)14(10-22)16(20)18(17)25-4-2/h5-8,23H,3-4H2,1-2H3. The van der Waals surface area contributed by atoms with Crippen LogP contribution in [0.1, 0.15) is 25.0 Å². The number of benzene rings is 2. The van der Waals surface area contributed by atoms with E-state index in [1.165, 1.54) is 0 Å². The van der Waals surface area contributed by atoms with Crippen LogP contribution in [0.25, 0.3) is 0 Å². The van der Waals surface area contributed by atoms with Crippen LogP contribution < -0.4 is 10.1 Å². The minimum absolute atomic E-state index is 0.0302. The van der Waals surface area contributed by atoms with Crippen molar-refractivity contribution in [3.8, 4) is 17.9 Å². The molecule has 0 aliphatic carbocycles. The summed E-state index contributed by atoms with van der Waals surface area (Å²) < 4.78 is 34.8. The molecule has 0 bridgehead atoms. The Morgan fingerprint density at radius 3 is 2.40 bits per heavy atom. The molecule has 25 heavy (non-hydrogen) atoms. The van der Waals surface area contributed by atoms with Gasteiger partial charge in [0.25, 0.3) is 0 Å². The summed E-state index contributed by atoms with van der Waals surface area (Å²) in [6.45, 7) is 4.09. The van der Waals surface area contributed by atoms with E-state index in [0.29, 0.717) is 23.8 Å². The Hall–Kier alpha value is -2.77. The Morgan fingerprint density at radius 1 is 1.12 bits per heavy atom. The quantitative estimate of drug-likeness (QED) is 0.738. The fourth-order valence-corrected chi connectivity index (χ4v) is 3.05. The van der Waals surface area contributed by atoms with Gasteiger partial charge in [-0.25, -0.2) is 8.78 Å². The molecule has 2 aromatic carbocycles. The van der Waals surface area contributed by atoms with Crippen LogP contribution in [0.5, 0.6) is 5.75 Å². The zero-order valence-electron chi connectivity index (χ0n) is 13.7. The number of nitrogens with zero attached hydrogens (tertiary/aromatic N) is 2. The number of ether oxygens (including phenoxy) is 1. The number of thioether (sulfide) groups is 1. The lowest BCUT2D eigenvalue weighted by atomic mass is 10.1. The Morgan fingerprint density at radius 2 is 1.80 bits per heavy atom. The van der Waals surface area contributed by atoms with Crippen molar-refractivity contribution in [3.05, 3.63) is 47.0 Å². The van der Waals surface area contributed by atoms with Gasteiger partial charge < -0.3 is 10.1 Å². The minimum Gasteiger partial charge on any atom is -0.494 e. The highest BCUT2D eigenvalue weighted by Crippen LogP contribution is 2.38. The third-order valence-corrected chi connectivity index (χ3v) is 4.22. The van der Waals surface area contributed by atoms with Crippen molar-refractivity contribution >= 4 is 23.1 Å². The third-order valence-electron chi connectivity index (χ3n) is 3.26. The van der Waals surface area contributed by atoms with E-state index in [1.807, 2.05) is 6.92 Å². The third kappa shape index (κ3) is 3.84. The predicted molar refractivity (Wildman–Crippen MR) is 93.1 cm³/mol. The molecule has 0 spiro atoms.